The first-order chi connectivity index (χ1) is 14.1. The molecule has 1 aromatic heterocycles. The molecule has 152 valence electrons. The van der Waals surface area contributed by atoms with Crippen molar-refractivity contribution in [2.45, 2.75) is 44.8 Å². The number of rotatable bonds is 10. The van der Waals surface area contributed by atoms with Crippen molar-refractivity contribution < 1.29 is 9.47 Å². The van der Waals surface area contributed by atoms with Crippen molar-refractivity contribution in [1.29, 1.82) is 0 Å². The quantitative estimate of drug-likeness (QED) is 0.334. The number of benzene rings is 2. The van der Waals surface area contributed by atoms with Crippen LogP contribution >= 0.6 is 11.8 Å². The summed E-state index contributed by atoms with van der Waals surface area (Å²) in [5.41, 5.74) is 3.65. The van der Waals surface area contributed by atoms with Gasteiger partial charge in [-0.3, -0.25) is 4.57 Å². The number of hydrogen-bond acceptors (Lipinski definition) is 5. The van der Waals surface area contributed by atoms with Crippen molar-refractivity contribution in [2.75, 3.05) is 6.61 Å². The predicted molar refractivity (Wildman–Crippen MR) is 118 cm³/mol. The van der Waals surface area contributed by atoms with Crippen molar-refractivity contribution >= 4 is 11.8 Å². The molecule has 6 heteroatoms. The Kier molecular flexibility index (Phi) is 7.36. The molecule has 0 unspecified atom stereocenters. The first-order valence-corrected chi connectivity index (χ1v) is 10.7. The third-order valence-corrected chi connectivity index (χ3v) is 5.39. The summed E-state index contributed by atoms with van der Waals surface area (Å²) in [4.78, 5) is 0. The monoisotopic (exact) mass is 409 g/mol. The van der Waals surface area contributed by atoms with E-state index in [1.807, 2.05) is 42.7 Å². The number of thioether (sulfide) groups is 1. The lowest BCUT2D eigenvalue weighted by molar-refractivity contribution is 0.259. The standard InChI is InChI=1S/C23H27N3O2S/c1-5-13-26-22(15-28-20-12-9-18(4)14-21(20)27-6-2)24-25-23(26)29-16-19-10-7-17(3)8-11-19/h5,7-12,14H,1,6,13,15-16H2,2-4H3. The molecule has 0 bridgehead atoms. The van der Waals surface area contributed by atoms with Crippen molar-refractivity contribution in [2.24, 2.45) is 0 Å². The molecule has 5 nitrogen and oxygen atoms in total. The van der Waals surface area contributed by atoms with E-state index in [2.05, 4.69) is 48.0 Å². The number of ether oxygens (including phenoxy) is 2. The fourth-order valence-electron chi connectivity index (χ4n) is 2.82. The Morgan fingerprint density at radius 2 is 1.76 bits per heavy atom. The highest BCUT2D eigenvalue weighted by atomic mass is 32.2. The molecule has 29 heavy (non-hydrogen) atoms. The van der Waals surface area contributed by atoms with Gasteiger partial charge < -0.3 is 9.47 Å². The van der Waals surface area contributed by atoms with E-state index < -0.39 is 0 Å². The second-order valence-corrected chi connectivity index (χ2v) is 7.69. The van der Waals surface area contributed by atoms with Crippen LogP contribution in [0.2, 0.25) is 0 Å². The average Bonchev–Trinajstić information content (AvgIpc) is 3.09. The largest absolute Gasteiger partial charge is 0.490 e. The van der Waals surface area contributed by atoms with E-state index in [1.165, 1.54) is 11.1 Å². The number of hydrogen-bond donors (Lipinski definition) is 0. The third kappa shape index (κ3) is 5.64. The van der Waals surface area contributed by atoms with Gasteiger partial charge in [-0.2, -0.15) is 0 Å². The molecule has 0 saturated carbocycles. The van der Waals surface area contributed by atoms with Crippen LogP contribution in [-0.2, 0) is 18.9 Å². The minimum atomic E-state index is 0.315. The zero-order chi connectivity index (χ0) is 20.6. The maximum atomic E-state index is 6.02. The second kappa shape index (κ2) is 10.2. The average molecular weight is 410 g/mol. The van der Waals surface area contributed by atoms with E-state index in [0.717, 1.165) is 28.0 Å². The van der Waals surface area contributed by atoms with Gasteiger partial charge in [0, 0.05) is 12.3 Å². The maximum absolute atomic E-state index is 6.02. The van der Waals surface area contributed by atoms with Crippen LogP contribution in [-0.4, -0.2) is 21.4 Å². The van der Waals surface area contributed by atoms with Gasteiger partial charge in [-0.05, 0) is 44.0 Å². The second-order valence-electron chi connectivity index (χ2n) is 6.74. The van der Waals surface area contributed by atoms with Crippen molar-refractivity contribution in [3.05, 3.63) is 77.6 Å². The molecule has 0 atom stereocenters. The fraction of sp³-hybridized carbons (Fsp3) is 0.304. The lowest BCUT2D eigenvalue weighted by Gasteiger charge is -2.13. The van der Waals surface area contributed by atoms with Gasteiger partial charge in [-0.1, -0.05) is 53.7 Å². The number of aryl methyl sites for hydroxylation is 2. The van der Waals surface area contributed by atoms with E-state index >= 15 is 0 Å². The summed E-state index contributed by atoms with van der Waals surface area (Å²) in [5, 5.41) is 9.58. The van der Waals surface area contributed by atoms with Crippen molar-refractivity contribution in [1.82, 2.24) is 14.8 Å². The van der Waals surface area contributed by atoms with Gasteiger partial charge in [-0.25, -0.2) is 0 Å². The van der Waals surface area contributed by atoms with Gasteiger partial charge in [0.25, 0.3) is 0 Å². The Labute approximate surface area is 176 Å². The topological polar surface area (TPSA) is 49.2 Å². The molecular formula is C23H27N3O2S. The molecule has 0 amide bonds. The first-order valence-electron chi connectivity index (χ1n) is 9.68. The Morgan fingerprint density at radius 1 is 1.00 bits per heavy atom. The molecule has 0 aliphatic heterocycles. The zero-order valence-corrected chi connectivity index (χ0v) is 18.0. The van der Waals surface area contributed by atoms with Crippen LogP contribution in [0.25, 0.3) is 0 Å². The molecule has 3 rings (SSSR count). The predicted octanol–water partition coefficient (Wildman–Crippen LogP) is 5.35. The highest BCUT2D eigenvalue weighted by Crippen LogP contribution is 2.29. The summed E-state index contributed by atoms with van der Waals surface area (Å²) in [6.07, 6.45) is 1.85. The summed E-state index contributed by atoms with van der Waals surface area (Å²) in [6, 6.07) is 14.5. The molecule has 0 N–H and O–H groups in total. The zero-order valence-electron chi connectivity index (χ0n) is 17.2. The molecule has 0 spiro atoms. The number of aromatic nitrogens is 3. The molecule has 0 radical (unpaired) electrons. The SMILES string of the molecule is C=CCn1c(COc2ccc(C)cc2OCC)nnc1SCc1ccc(C)cc1. The molecule has 0 saturated heterocycles. The molecular weight excluding hydrogens is 382 g/mol. The lowest BCUT2D eigenvalue weighted by atomic mass is 10.2. The van der Waals surface area contributed by atoms with Gasteiger partial charge in [0.15, 0.2) is 22.5 Å². The molecule has 1 heterocycles. The van der Waals surface area contributed by atoms with Gasteiger partial charge in [0.2, 0.25) is 0 Å². The van der Waals surface area contributed by atoms with Gasteiger partial charge in [0.1, 0.15) is 6.61 Å². The minimum absolute atomic E-state index is 0.315. The maximum Gasteiger partial charge on any atom is 0.191 e. The number of nitrogens with zero attached hydrogens (tertiary/aromatic N) is 3. The van der Waals surface area contributed by atoms with Crippen LogP contribution in [0, 0.1) is 13.8 Å². The lowest BCUT2D eigenvalue weighted by Crippen LogP contribution is -2.08. The summed E-state index contributed by atoms with van der Waals surface area (Å²) in [7, 11) is 0. The van der Waals surface area contributed by atoms with Gasteiger partial charge >= 0.3 is 0 Å². The molecule has 2 aromatic carbocycles. The summed E-state index contributed by atoms with van der Waals surface area (Å²) in [6.45, 7) is 11.5. The third-order valence-electron chi connectivity index (χ3n) is 4.35. The van der Waals surface area contributed by atoms with Crippen LogP contribution in [0.3, 0.4) is 0 Å². The van der Waals surface area contributed by atoms with Crippen LogP contribution < -0.4 is 9.47 Å². The van der Waals surface area contributed by atoms with Crippen molar-refractivity contribution in [3.63, 3.8) is 0 Å². The highest BCUT2D eigenvalue weighted by Gasteiger charge is 2.14. The minimum Gasteiger partial charge on any atom is -0.490 e. The Balaban J connectivity index is 1.71. The fourth-order valence-corrected chi connectivity index (χ4v) is 3.74. The van der Waals surface area contributed by atoms with Gasteiger partial charge in [0.05, 0.1) is 6.61 Å². The van der Waals surface area contributed by atoms with E-state index in [0.29, 0.717) is 25.5 Å². The highest BCUT2D eigenvalue weighted by molar-refractivity contribution is 7.98. The summed E-state index contributed by atoms with van der Waals surface area (Å²) in [5.74, 6) is 3.05. The van der Waals surface area contributed by atoms with Crippen LogP contribution in [0.1, 0.15) is 29.4 Å². The van der Waals surface area contributed by atoms with Crippen LogP contribution in [0.4, 0.5) is 0 Å². The van der Waals surface area contributed by atoms with E-state index in [-0.39, 0.29) is 0 Å². The first kappa shape index (κ1) is 21.0. The van der Waals surface area contributed by atoms with Gasteiger partial charge in [-0.15, -0.1) is 16.8 Å². The van der Waals surface area contributed by atoms with E-state index in [1.54, 1.807) is 11.8 Å². The van der Waals surface area contributed by atoms with Crippen LogP contribution in [0.15, 0.2) is 60.3 Å². The van der Waals surface area contributed by atoms with Crippen molar-refractivity contribution in [3.8, 4) is 11.5 Å². The Hall–Kier alpha value is -2.73. The smallest absolute Gasteiger partial charge is 0.191 e. The summed E-state index contributed by atoms with van der Waals surface area (Å²) >= 11 is 1.66. The van der Waals surface area contributed by atoms with Crippen LogP contribution in [0.5, 0.6) is 11.5 Å². The normalized spacial score (nSPS) is 10.7. The van der Waals surface area contributed by atoms with E-state index in [4.69, 9.17) is 9.47 Å². The molecule has 0 aliphatic rings. The molecule has 3 aromatic rings. The number of allylic oxidation sites excluding steroid dienone is 1. The molecule has 0 fully saturated rings. The molecule has 0 aliphatic carbocycles. The summed E-state index contributed by atoms with van der Waals surface area (Å²) < 4.78 is 13.8. The Morgan fingerprint density at radius 3 is 2.48 bits per heavy atom. The Bertz CT molecular complexity index is 951. The van der Waals surface area contributed by atoms with E-state index in [9.17, 15) is 0 Å².